The van der Waals surface area contributed by atoms with Gasteiger partial charge in [0.25, 0.3) is 5.91 Å². The van der Waals surface area contributed by atoms with Crippen molar-refractivity contribution >= 4 is 33.2 Å². The Morgan fingerprint density at radius 3 is 2.44 bits per heavy atom. The molecular formula is C17H17N3O4S. The van der Waals surface area contributed by atoms with E-state index in [1.54, 1.807) is 23.1 Å². The lowest BCUT2D eigenvalue weighted by Crippen LogP contribution is -2.23. The standard InChI is InChI=1S/C17H17N3O4S/c18-25(23,24)15-8-6-12(7-9-15)17(22)19-13-3-1-4-14(11-13)20-10-2-5-16(20)21/h1,3-4,6-9,11H,2,5,10H2,(H,19,22)(H2,18,23,24). The quantitative estimate of drug-likeness (QED) is 0.866. The van der Waals surface area contributed by atoms with Crippen molar-refractivity contribution in [2.24, 2.45) is 5.14 Å². The number of nitrogens with zero attached hydrogens (tertiary/aromatic N) is 1. The van der Waals surface area contributed by atoms with Gasteiger partial charge in [-0.1, -0.05) is 6.07 Å². The van der Waals surface area contributed by atoms with E-state index in [9.17, 15) is 18.0 Å². The molecule has 0 atom stereocenters. The number of rotatable bonds is 4. The third-order valence-electron chi connectivity index (χ3n) is 3.93. The van der Waals surface area contributed by atoms with Crippen LogP contribution >= 0.6 is 0 Å². The van der Waals surface area contributed by atoms with E-state index < -0.39 is 10.0 Å². The van der Waals surface area contributed by atoms with Crippen LogP contribution in [-0.4, -0.2) is 26.8 Å². The van der Waals surface area contributed by atoms with Crippen LogP contribution in [0, 0.1) is 0 Å². The highest BCUT2D eigenvalue weighted by Gasteiger charge is 2.21. The predicted octanol–water partition coefficient (Wildman–Crippen LogP) is 1.71. The fraction of sp³-hybridized carbons (Fsp3) is 0.176. The highest BCUT2D eigenvalue weighted by atomic mass is 32.2. The van der Waals surface area contributed by atoms with E-state index in [1.807, 2.05) is 6.07 Å². The van der Waals surface area contributed by atoms with Crippen molar-refractivity contribution in [1.82, 2.24) is 0 Å². The van der Waals surface area contributed by atoms with Gasteiger partial charge in [0.15, 0.2) is 0 Å². The minimum absolute atomic E-state index is 0.0569. The number of amides is 2. The molecule has 1 heterocycles. The Labute approximate surface area is 145 Å². The molecule has 2 amide bonds. The first-order valence-corrected chi connectivity index (χ1v) is 9.24. The number of carbonyl (C=O) groups is 2. The molecule has 0 bridgehead atoms. The van der Waals surface area contributed by atoms with Crippen LogP contribution in [0.4, 0.5) is 11.4 Å². The van der Waals surface area contributed by atoms with Crippen LogP contribution in [0.25, 0.3) is 0 Å². The van der Waals surface area contributed by atoms with Crippen molar-refractivity contribution in [3.63, 3.8) is 0 Å². The molecule has 1 aliphatic rings. The summed E-state index contributed by atoms with van der Waals surface area (Å²) in [5, 5.41) is 7.77. The first-order valence-electron chi connectivity index (χ1n) is 7.69. The van der Waals surface area contributed by atoms with Crippen LogP contribution in [0.5, 0.6) is 0 Å². The Kier molecular flexibility index (Phi) is 4.56. The molecular weight excluding hydrogens is 342 g/mol. The van der Waals surface area contributed by atoms with Crippen molar-refractivity contribution in [3.8, 4) is 0 Å². The molecule has 3 rings (SSSR count). The molecule has 0 spiro atoms. The topological polar surface area (TPSA) is 110 Å². The highest BCUT2D eigenvalue weighted by Crippen LogP contribution is 2.24. The Balaban J connectivity index is 1.76. The molecule has 0 unspecified atom stereocenters. The van der Waals surface area contributed by atoms with Gasteiger partial charge in [0, 0.05) is 29.9 Å². The molecule has 2 aromatic rings. The fourth-order valence-corrected chi connectivity index (χ4v) is 3.19. The van der Waals surface area contributed by atoms with E-state index in [1.165, 1.54) is 24.3 Å². The van der Waals surface area contributed by atoms with Gasteiger partial charge >= 0.3 is 0 Å². The van der Waals surface area contributed by atoms with E-state index in [2.05, 4.69) is 5.32 Å². The SMILES string of the molecule is NS(=O)(=O)c1ccc(C(=O)Nc2cccc(N3CCCC3=O)c2)cc1. The zero-order chi connectivity index (χ0) is 18.0. The van der Waals surface area contributed by atoms with Gasteiger partial charge in [-0.3, -0.25) is 9.59 Å². The van der Waals surface area contributed by atoms with Crippen molar-refractivity contribution < 1.29 is 18.0 Å². The molecule has 1 aliphatic heterocycles. The molecule has 8 heteroatoms. The minimum Gasteiger partial charge on any atom is -0.322 e. The van der Waals surface area contributed by atoms with Crippen LogP contribution < -0.4 is 15.4 Å². The molecule has 0 radical (unpaired) electrons. The number of carbonyl (C=O) groups excluding carboxylic acids is 2. The van der Waals surface area contributed by atoms with Gasteiger partial charge < -0.3 is 10.2 Å². The van der Waals surface area contributed by atoms with Gasteiger partial charge in [-0.15, -0.1) is 0 Å². The number of anilines is 2. The molecule has 2 aromatic carbocycles. The van der Waals surface area contributed by atoms with Gasteiger partial charge in [-0.05, 0) is 48.9 Å². The zero-order valence-corrected chi connectivity index (χ0v) is 14.1. The predicted molar refractivity (Wildman–Crippen MR) is 93.8 cm³/mol. The maximum Gasteiger partial charge on any atom is 0.255 e. The Hall–Kier alpha value is -2.71. The van der Waals surface area contributed by atoms with E-state index in [0.29, 0.717) is 24.2 Å². The second-order valence-electron chi connectivity index (χ2n) is 5.72. The number of benzene rings is 2. The first-order chi connectivity index (χ1) is 11.8. The van der Waals surface area contributed by atoms with Gasteiger partial charge in [0.1, 0.15) is 0 Å². The fourth-order valence-electron chi connectivity index (χ4n) is 2.67. The lowest BCUT2D eigenvalue weighted by molar-refractivity contribution is -0.117. The maximum atomic E-state index is 12.3. The summed E-state index contributed by atoms with van der Waals surface area (Å²) in [4.78, 5) is 25.8. The minimum atomic E-state index is -3.79. The van der Waals surface area contributed by atoms with Crippen LogP contribution in [0.15, 0.2) is 53.4 Å². The van der Waals surface area contributed by atoms with Gasteiger partial charge in [-0.25, -0.2) is 13.6 Å². The van der Waals surface area contributed by atoms with Crippen LogP contribution in [0.3, 0.4) is 0 Å². The molecule has 0 aromatic heterocycles. The van der Waals surface area contributed by atoms with Gasteiger partial charge in [0.05, 0.1) is 4.90 Å². The molecule has 25 heavy (non-hydrogen) atoms. The normalized spacial score (nSPS) is 14.6. The molecule has 3 N–H and O–H groups in total. The van der Waals surface area contributed by atoms with Crippen LogP contribution in [0.2, 0.25) is 0 Å². The second-order valence-corrected chi connectivity index (χ2v) is 7.28. The molecule has 0 saturated carbocycles. The Bertz CT molecular complexity index is 923. The van der Waals surface area contributed by atoms with Crippen molar-refractivity contribution in [2.75, 3.05) is 16.8 Å². The summed E-state index contributed by atoms with van der Waals surface area (Å²) < 4.78 is 22.5. The van der Waals surface area contributed by atoms with Crippen LogP contribution in [-0.2, 0) is 14.8 Å². The lowest BCUT2D eigenvalue weighted by Gasteiger charge is -2.16. The number of nitrogens with one attached hydrogen (secondary N) is 1. The van der Waals surface area contributed by atoms with Gasteiger partial charge in [0.2, 0.25) is 15.9 Å². The number of nitrogens with two attached hydrogens (primary N) is 1. The van der Waals surface area contributed by atoms with E-state index in [0.717, 1.165) is 12.1 Å². The molecule has 7 nitrogen and oxygen atoms in total. The van der Waals surface area contributed by atoms with Gasteiger partial charge in [-0.2, -0.15) is 0 Å². The average molecular weight is 359 g/mol. The monoisotopic (exact) mass is 359 g/mol. The summed E-state index contributed by atoms with van der Waals surface area (Å²) in [7, 11) is -3.79. The van der Waals surface area contributed by atoms with Crippen LogP contribution in [0.1, 0.15) is 23.2 Å². The number of hydrogen-bond donors (Lipinski definition) is 2. The van der Waals surface area contributed by atoms with E-state index >= 15 is 0 Å². The van der Waals surface area contributed by atoms with E-state index in [-0.39, 0.29) is 16.7 Å². The molecule has 1 saturated heterocycles. The molecule has 0 aliphatic carbocycles. The maximum absolute atomic E-state index is 12.3. The number of sulfonamides is 1. The summed E-state index contributed by atoms with van der Waals surface area (Å²) in [6.07, 6.45) is 1.36. The smallest absolute Gasteiger partial charge is 0.255 e. The van der Waals surface area contributed by atoms with Crippen molar-refractivity contribution in [1.29, 1.82) is 0 Å². The van der Waals surface area contributed by atoms with Crippen molar-refractivity contribution in [2.45, 2.75) is 17.7 Å². The van der Waals surface area contributed by atoms with E-state index in [4.69, 9.17) is 5.14 Å². The summed E-state index contributed by atoms with van der Waals surface area (Å²) in [6, 6.07) is 12.4. The first kappa shape index (κ1) is 17.1. The zero-order valence-electron chi connectivity index (χ0n) is 13.3. The summed E-state index contributed by atoms with van der Waals surface area (Å²) in [5.41, 5.74) is 1.60. The summed E-state index contributed by atoms with van der Waals surface area (Å²) in [5.74, 6) is -0.312. The Morgan fingerprint density at radius 1 is 1.12 bits per heavy atom. The Morgan fingerprint density at radius 2 is 1.84 bits per heavy atom. The largest absolute Gasteiger partial charge is 0.322 e. The number of primary sulfonamides is 1. The molecule has 1 fully saturated rings. The van der Waals surface area contributed by atoms with Crippen molar-refractivity contribution in [3.05, 3.63) is 54.1 Å². The number of hydrogen-bond acceptors (Lipinski definition) is 4. The average Bonchev–Trinajstić information content (AvgIpc) is 3.00. The second kappa shape index (κ2) is 6.66. The molecule has 130 valence electrons. The summed E-state index contributed by atoms with van der Waals surface area (Å²) >= 11 is 0. The summed E-state index contributed by atoms with van der Waals surface area (Å²) in [6.45, 7) is 0.672. The third kappa shape index (κ3) is 3.86. The third-order valence-corrected chi connectivity index (χ3v) is 4.86. The highest BCUT2D eigenvalue weighted by molar-refractivity contribution is 7.89. The lowest BCUT2D eigenvalue weighted by atomic mass is 10.2.